The van der Waals surface area contributed by atoms with E-state index in [0.29, 0.717) is 25.9 Å². The number of piperidine rings is 1. The van der Waals surface area contributed by atoms with Crippen molar-refractivity contribution in [1.29, 1.82) is 0 Å². The summed E-state index contributed by atoms with van der Waals surface area (Å²) in [6.45, 7) is 1.59. The van der Waals surface area contributed by atoms with Gasteiger partial charge in [0, 0.05) is 19.2 Å². The second-order valence-electron chi connectivity index (χ2n) is 5.38. The van der Waals surface area contributed by atoms with Crippen molar-refractivity contribution in [3.63, 3.8) is 0 Å². The zero-order valence-corrected chi connectivity index (χ0v) is 13.9. The second-order valence-corrected chi connectivity index (χ2v) is 5.38. The molecule has 1 aromatic rings. The molecule has 1 aliphatic rings. The Morgan fingerprint density at radius 1 is 1.26 bits per heavy atom. The van der Waals surface area contributed by atoms with Crippen LogP contribution in [0.4, 0.5) is 14.5 Å². The van der Waals surface area contributed by atoms with Gasteiger partial charge < -0.3 is 20.1 Å². The minimum Gasteiger partial charge on any atom is -0.494 e. The maximum absolute atomic E-state index is 14.0. The number of hydrogen-bond acceptors (Lipinski definition) is 4. The third kappa shape index (κ3) is 4.31. The lowest BCUT2D eigenvalue weighted by molar-refractivity contribution is -0.130. The highest BCUT2D eigenvalue weighted by Gasteiger charge is 2.40. The predicted octanol–water partition coefficient (Wildman–Crippen LogP) is 2.35. The first-order valence-electron chi connectivity index (χ1n) is 7.06. The number of benzene rings is 1. The molecule has 5 nitrogen and oxygen atoms in total. The number of rotatable bonds is 5. The highest BCUT2D eigenvalue weighted by molar-refractivity contribution is 5.95. The number of anilines is 1. The summed E-state index contributed by atoms with van der Waals surface area (Å²) in [5, 5.41) is 5.65. The van der Waals surface area contributed by atoms with Crippen LogP contribution in [0.2, 0.25) is 0 Å². The molecule has 1 aliphatic heterocycles. The topological polar surface area (TPSA) is 59.6 Å². The van der Waals surface area contributed by atoms with E-state index < -0.39 is 17.0 Å². The molecule has 2 rings (SSSR count). The normalized spacial score (nSPS) is 16.3. The molecular weight excluding hydrogens is 330 g/mol. The van der Waals surface area contributed by atoms with Crippen molar-refractivity contribution >= 4 is 24.0 Å². The SMILES string of the molecule is COCC1(C(=O)Nc2cc(F)c(OC)cc2F)CCNCC1.Cl. The van der Waals surface area contributed by atoms with Gasteiger partial charge in [0.05, 0.1) is 24.8 Å². The number of carbonyl (C=O) groups is 1. The number of ether oxygens (including phenoxy) is 2. The van der Waals surface area contributed by atoms with Crippen LogP contribution in [0.1, 0.15) is 12.8 Å². The summed E-state index contributed by atoms with van der Waals surface area (Å²) in [5.74, 6) is -2.04. The molecule has 0 saturated carbocycles. The second kappa shape index (κ2) is 8.42. The van der Waals surface area contributed by atoms with Crippen molar-refractivity contribution in [2.75, 3.05) is 39.2 Å². The Hall–Kier alpha value is -1.44. The molecule has 0 radical (unpaired) electrons. The number of nitrogens with one attached hydrogen (secondary N) is 2. The number of halogens is 3. The molecule has 1 heterocycles. The Bertz CT molecular complexity index is 546. The maximum atomic E-state index is 14.0. The van der Waals surface area contributed by atoms with Gasteiger partial charge in [0.15, 0.2) is 17.4 Å². The fraction of sp³-hybridized carbons (Fsp3) is 0.533. The number of carbonyl (C=O) groups excluding carboxylic acids is 1. The lowest BCUT2D eigenvalue weighted by Gasteiger charge is -2.35. The molecule has 0 atom stereocenters. The Balaban J connectivity index is 0.00000264. The summed E-state index contributed by atoms with van der Waals surface area (Å²) in [7, 11) is 2.77. The van der Waals surface area contributed by atoms with E-state index in [1.54, 1.807) is 0 Å². The van der Waals surface area contributed by atoms with E-state index in [9.17, 15) is 13.6 Å². The third-order valence-corrected chi connectivity index (χ3v) is 3.95. The molecule has 23 heavy (non-hydrogen) atoms. The molecule has 8 heteroatoms. The first-order chi connectivity index (χ1) is 10.5. The van der Waals surface area contributed by atoms with Crippen LogP contribution in [-0.4, -0.2) is 39.8 Å². The van der Waals surface area contributed by atoms with Gasteiger partial charge >= 0.3 is 0 Å². The van der Waals surface area contributed by atoms with Gasteiger partial charge in [-0.2, -0.15) is 0 Å². The van der Waals surface area contributed by atoms with Crippen LogP contribution < -0.4 is 15.4 Å². The van der Waals surface area contributed by atoms with Crippen LogP contribution >= 0.6 is 12.4 Å². The summed E-state index contributed by atoms with van der Waals surface area (Å²) in [6.07, 6.45) is 1.15. The van der Waals surface area contributed by atoms with Gasteiger partial charge in [-0.3, -0.25) is 4.79 Å². The summed E-state index contributed by atoms with van der Waals surface area (Å²) < 4.78 is 37.5. The molecular formula is C15H21ClF2N2O3. The average Bonchev–Trinajstić information content (AvgIpc) is 2.51. The molecule has 0 unspecified atom stereocenters. The molecule has 1 amide bonds. The molecule has 1 fully saturated rings. The van der Waals surface area contributed by atoms with Gasteiger partial charge in [0.1, 0.15) is 0 Å². The van der Waals surface area contributed by atoms with E-state index in [-0.39, 0.29) is 36.4 Å². The van der Waals surface area contributed by atoms with Crippen molar-refractivity contribution < 1.29 is 23.0 Å². The van der Waals surface area contributed by atoms with E-state index in [1.165, 1.54) is 14.2 Å². The Morgan fingerprint density at radius 3 is 2.48 bits per heavy atom. The lowest BCUT2D eigenvalue weighted by atomic mass is 9.78. The predicted molar refractivity (Wildman–Crippen MR) is 85.2 cm³/mol. The van der Waals surface area contributed by atoms with E-state index in [2.05, 4.69) is 10.6 Å². The number of hydrogen-bond donors (Lipinski definition) is 2. The van der Waals surface area contributed by atoms with Crippen molar-refractivity contribution in [3.05, 3.63) is 23.8 Å². The number of amides is 1. The average molecular weight is 351 g/mol. The van der Waals surface area contributed by atoms with Gasteiger partial charge in [-0.1, -0.05) is 0 Å². The smallest absolute Gasteiger partial charge is 0.233 e. The van der Waals surface area contributed by atoms with Gasteiger partial charge in [0.2, 0.25) is 5.91 Å². The minimum atomic E-state index is -0.742. The lowest BCUT2D eigenvalue weighted by Crippen LogP contribution is -2.47. The Labute approximate surface area is 140 Å². The Morgan fingerprint density at radius 2 is 1.91 bits per heavy atom. The van der Waals surface area contributed by atoms with Crippen LogP contribution in [0.5, 0.6) is 5.75 Å². The van der Waals surface area contributed by atoms with Crippen molar-refractivity contribution in [1.82, 2.24) is 5.32 Å². The van der Waals surface area contributed by atoms with Crippen molar-refractivity contribution in [2.24, 2.45) is 5.41 Å². The van der Waals surface area contributed by atoms with Crippen molar-refractivity contribution in [3.8, 4) is 5.75 Å². The highest BCUT2D eigenvalue weighted by atomic mass is 35.5. The largest absolute Gasteiger partial charge is 0.494 e. The molecule has 0 aromatic heterocycles. The van der Waals surface area contributed by atoms with E-state index >= 15 is 0 Å². The van der Waals surface area contributed by atoms with Gasteiger partial charge in [-0.15, -0.1) is 12.4 Å². The molecule has 2 N–H and O–H groups in total. The zero-order chi connectivity index (χ0) is 16.2. The molecule has 0 aliphatic carbocycles. The third-order valence-electron chi connectivity index (χ3n) is 3.95. The molecule has 0 spiro atoms. The minimum absolute atomic E-state index is 0. The standard InChI is InChI=1S/C15H20F2N2O3.ClH/c1-21-9-15(3-5-18-6-4-15)14(20)19-12-7-11(17)13(22-2)8-10(12)16;/h7-8,18H,3-6,9H2,1-2H3,(H,19,20);1H. The zero-order valence-electron chi connectivity index (χ0n) is 13.1. The van der Waals surface area contributed by atoms with Crippen LogP contribution in [0.15, 0.2) is 12.1 Å². The van der Waals surface area contributed by atoms with Gasteiger partial charge in [-0.05, 0) is 25.9 Å². The quantitative estimate of drug-likeness (QED) is 0.856. The van der Waals surface area contributed by atoms with Crippen LogP contribution in [0.25, 0.3) is 0 Å². The molecule has 0 bridgehead atoms. The van der Waals surface area contributed by atoms with Crippen molar-refractivity contribution in [2.45, 2.75) is 12.8 Å². The summed E-state index contributed by atoms with van der Waals surface area (Å²) in [5.41, 5.74) is -0.930. The fourth-order valence-corrected chi connectivity index (χ4v) is 2.65. The van der Waals surface area contributed by atoms with E-state index in [4.69, 9.17) is 9.47 Å². The van der Waals surface area contributed by atoms with E-state index in [0.717, 1.165) is 12.1 Å². The summed E-state index contributed by atoms with van der Waals surface area (Å²) >= 11 is 0. The van der Waals surface area contributed by atoms with Crippen LogP contribution in [0, 0.1) is 17.0 Å². The van der Waals surface area contributed by atoms with Gasteiger partial charge in [-0.25, -0.2) is 8.78 Å². The Kier molecular flexibility index (Phi) is 7.18. The summed E-state index contributed by atoms with van der Waals surface area (Å²) in [4.78, 5) is 12.6. The molecule has 1 saturated heterocycles. The van der Waals surface area contributed by atoms with E-state index in [1.807, 2.05) is 0 Å². The number of methoxy groups -OCH3 is 2. The maximum Gasteiger partial charge on any atom is 0.233 e. The fourth-order valence-electron chi connectivity index (χ4n) is 2.65. The summed E-state index contributed by atoms with van der Waals surface area (Å²) in [6, 6.07) is 1.84. The first kappa shape index (κ1) is 19.6. The first-order valence-corrected chi connectivity index (χ1v) is 7.06. The van der Waals surface area contributed by atoms with Crippen LogP contribution in [0.3, 0.4) is 0 Å². The van der Waals surface area contributed by atoms with Gasteiger partial charge in [0.25, 0.3) is 0 Å². The van der Waals surface area contributed by atoms with Crippen LogP contribution in [-0.2, 0) is 9.53 Å². The molecule has 130 valence electrons. The highest BCUT2D eigenvalue weighted by Crippen LogP contribution is 2.32. The molecule has 1 aromatic carbocycles. The monoisotopic (exact) mass is 350 g/mol.